The van der Waals surface area contributed by atoms with Crippen LogP contribution in [-0.2, 0) is 16.0 Å². The summed E-state index contributed by atoms with van der Waals surface area (Å²) in [6.45, 7) is -0.266. The molecule has 0 aromatic heterocycles. The van der Waals surface area contributed by atoms with Crippen molar-refractivity contribution < 1.29 is 37.0 Å². The van der Waals surface area contributed by atoms with Crippen LogP contribution < -0.4 is 15.2 Å². The molecule has 0 saturated carbocycles. The third kappa shape index (κ3) is 9.17. The molecule has 0 fully saturated rings. The number of carbonyl (C=O) groups is 2. The fourth-order valence-corrected chi connectivity index (χ4v) is 2.95. The number of alkyl halides is 3. The van der Waals surface area contributed by atoms with Crippen molar-refractivity contribution in [3.8, 4) is 11.5 Å². The summed E-state index contributed by atoms with van der Waals surface area (Å²) in [6, 6.07) is 19.4. The van der Waals surface area contributed by atoms with Crippen LogP contribution in [0.5, 0.6) is 11.5 Å². The van der Waals surface area contributed by atoms with Crippen LogP contribution in [-0.4, -0.2) is 31.3 Å². The second kappa shape index (κ2) is 12.4. The van der Waals surface area contributed by atoms with Crippen molar-refractivity contribution in [1.29, 1.82) is 0 Å². The third-order valence-electron chi connectivity index (χ3n) is 4.86. The molecule has 3 rings (SSSR count). The Balaban J connectivity index is 1.43. The SMILES string of the molecule is Nc1ccc(CCOC(=O)/C=C/c2ccc(OC(=O)c3ccc(OCCC(F)(F)F)cc3)cc2)cc1. The molecule has 9 heteroatoms. The number of esters is 2. The summed E-state index contributed by atoms with van der Waals surface area (Å²) in [7, 11) is 0. The van der Waals surface area contributed by atoms with Crippen LogP contribution in [0.1, 0.15) is 27.9 Å². The number of rotatable bonds is 10. The van der Waals surface area contributed by atoms with Crippen molar-refractivity contribution in [3.63, 3.8) is 0 Å². The van der Waals surface area contributed by atoms with Gasteiger partial charge in [-0.15, -0.1) is 0 Å². The minimum atomic E-state index is -4.29. The second-order valence-corrected chi connectivity index (χ2v) is 7.69. The number of carbonyl (C=O) groups excluding carboxylic acids is 2. The van der Waals surface area contributed by atoms with Gasteiger partial charge < -0.3 is 19.9 Å². The van der Waals surface area contributed by atoms with E-state index in [-0.39, 0.29) is 23.7 Å². The summed E-state index contributed by atoms with van der Waals surface area (Å²) < 4.78 is 52.0. The highest BCUT2D eigenvalue weighted by Gasteiger charge is 2.26. The number of benzene rings is 3. The van der Waals surface area contributed by atoms with E-state index in [1.54, 1.807) is 42.5 Å². The van der Waals surface area contributed by atoms with Crippen LogP contribution in [0.15, 0.2) is 78.9 Å². The summed E-state index contributed by atoms with van der Waals surface area (Å²) in [5.74, 6) is -0.610. The zero-order chi connectivity index (χ0) is 26.0. The Morgan fingerprint density at radius 2 is 1.47 bits per heavy atom. The quantitative estimate of drug-likeness (QED) is 0.169. The van der Waals surface area contributed by atoms with Crippen molar-refractivity contribution in [3.05, 3.63) is 95.6 Å². The minimum absolute atomic E-state index is 0.212. The van der Waals surface area contributed by atoms with Crippen LogP contribution in [0.2, 0.25) is 0 Å². The van der Waals surface area contributed by atoms with E-state index in [1.165, 1.54) is 30.3 Å². The lowest BCUT2D eigenvalue weighted by Gasteiger charge is -2.09. The molecule has 0 saturated heterocycles. The molecule has 6 nitrogen and oxygen atoms in total. The number of halogens is 3. The van der Waals surface area contributed by atoms with Crippen molar-refractivity contribution in [2.24, 2.45) is 0 Å². The van der Waals surface area contributed by atoms with Crippen molar-refractivity contribution in [1.82, 2.24) is 0 Å². The number of ether oxygens (including phenoxy) is 3. The summed E-state index contributed by atoms with van der Waals surface area (Å²) in [5, 5.41) is 0. The molecule has 0 unspecified atom stereocenters. The smallest absolute Gasteiger partial charge is 0.392 e. The normalized spacial score (nSPS) is 11.3. The number of hydrogen-bond donors (Lipinski definition) is 1. The highest BCUT2D eigenvalue weighted by atomic mass is 19.4. The van der Waals surface area contributed by atoms with E-state index >= 15 is 0 Å². The fourth-order valence-electron chi connectivity index (χ4n) is 2.95. The van der Waals surface area contributed by atoms with Gasteiger partial charge in [-0.05, 0) is 65.7 Å². The van der Waals surface area contributed by atoms with E-state index in [1.807, 2.05) is 12.1 Å². The average Bonchev–Trinajstić information content (AvgIpc) is 2.84. The summed E-state index contributed by atoms with van der Waals surface area (Å²) >= 11 is 0. The van der Waals surface area contributed by atoms with Crippen molar-refractivity contribution >= 4 is 23.7 Å². The van der Waals surface area contributed by atoms with Gasteiger partial charge >= 0.3 is 18.1 Å². The lowest BCUT2D eigenvalue weighted by Crippen LogP contribution is -2.13. The highest BCUT2D eigenvalue weighted by Crippen LogP contribution is 2.21. The van der Waals surface area contributed by atoms with Crippen LogP contribution in [0.25, 0.3) is 6.08 Å². The Morgan fingerprint density at radius 3 is 2.11 bits per heavy atom. The predicted molar refractivity (Wildman–Crippen MR) is 129 cm³/mol. The van der Waals surface area contributed by atoms with Crippen LogP contribution in [0.3, 0.4) is 0 Å². The van der Waals surface area contributed by atoms with E-state index in [0.717, 1.165) is 5.56 Å². The number of nitrogens with two attached hydrogens (primary N) is 1. The molecule has 0 aliphatic heterocycles. The van der Waals surface area contributed by atoms with Gasteiger partial charge in [0.2, 0.25) is 0 Å². The van der Waals surface area contributed by atoms with Crippen LogP contribution >= 0.6 is 0 Å². The Kier molecular flexibility index (Phi) is 9.10. The van der Waals surface area contributed by atoms with Gasteiger partial charge in [-0.1, -0.05) is 24.3 Å². The van der Waals surface area contributed by atoms with Gasteiger partial charge in [-0.2, -0.15) is 13.2 Å². The number of hydrogen-bond acceptors (Lipinski definition) is 6. The maximum Gasteiger partial charge on any atom is 0.392 e. The topological polar surface area (TPSA) is 87.9 Å². The molecular formula is C27H24F3NO5. The first-order chi connectivity index (χ1) is 17.2. The standard InChI is InChI=1S/C27H24F3NO5/c28-27(29,30)16-18-34-23-12-6-21(7-13-23)26(33)36-24-10-3-19(4-11-24)5-14-25(32)35-17-15-20-1-8-22(31)9-2-20/h1-14H,15-18,31H2/b14-5+. The molecular weight excluding hydrogens is 475 g/mol. The molecule has 36 heavy (non-hydrogen) atoms. The molecule has 0 aliphatic rings. The molecule has 0 spiro atoms. The van der Waals surface area contributed by atoms with E-state index in [4.69, 9.17) is 19.9 Å². The van der Waals surface area contributed by atoms with Crippen LogP contribution in [0, 0.1) is 0 Å². The average molecular weight is 499 g/mol. The molecule has 0 atom stereocenters. The monoisotopic (exact) mass is 499 g/mol. The Morgan fingerprint density at radius 1 is 0.833 bits per heavy atom. The Labute approximate surface area is 206 Å². The Bertz CT molecular complexity index is 1170. The second-order valence-electron chi connectivity index (χ2n) is 7.69. The molecule has 188 valence electrons. The summed E-state index contributed by atoms with van der Waals surface area (Å²) in [6.07, 6.45) is -1.89. The zero-order valence-corrected chi connectivity index (χ0v) is 19.2. The lowest BCUT2D eigenvalue weighted by molar-refractivity contribution is -0.139. The molecule has 3 aromatic rings. The van der Waals surface area contributed by atoms with Gasteiger partial charge in [-0.3, -0.25) is 0 Å². The van der Waals surface area contributed by atoms with Crippen molar-refractivity contribution in [2.45, 2.75) is 19.0 Å². The number of nitrogen functional groups attached to an aromatic ring is 1. The lowest BCUT2D eigenvalue weighted by atomic mass is 10.1. The molecule has 0 amide bonds. The molecule has 0 aliphatic carbocycles. The first-order valence-electron chi connectivity index (χ1n) is 11.0. The van der Waals surface area contributed by atoms with E-state index in [0.29, 0.717) is 17.7 Å². The Hall–Kier alpha value is -4.27. The fraction of sp³-hybridized carbons (Fsp3) is 0.185. The van der Waals surface area contributed by atoms with Crippen molar-refractivity contribution in [2.75, 3.05) is 18.9 Å². The maximum absolute atomic E-state index is 12.3. The third-order valence-corrected chi connectivity index (χ3v) is 4.86. The van der Waals surface area contributed by atoms with E-state index in [2.05, 4.69) is 0 Å². The van der Waals surface area contributed by atoms with Gasteiger partial charge in [0.25, 0.3) is 0 Å². The maximum atomic E-state index is 12.3. The van der Waals surface area contributed by atoms with Gasteiger partial charge in [0.15, 0.2) is 0 Å². The molecule has 0 bridgehead atoms. The van der Waals surface area contributed by atoms with Gasteiger partial charge in [0.1, 0.15) is 11.5 Å². The highest BCUT2D eigenvalue weighted by molar-refractivity contribution is 5.91. The largest absolute Gasteiger partial charge is 0.493 e. The predicted octanol–water partition coefficient (Wildman–Crippen LogP) is 5.62. The minimum Gasteiger partial charge on any atom is -0.493 e. The molecule has 3 aromatic carbocycles. The molecule has 0 heterocycles. The summed E-state index contributed by atoms with van der Waals surface area (Å²) in [5.41, 5.74) is 8.23. The molecule has 0 radical (unpaired) electrons. The van der Waals surface area contributed by atoms with E-state index in [9.17, 15) is 22.8 Å². The zero-order valence-electron chi connectivity index (χ0n) is 19.2. The first kappa shape index (κ1) is 26.3. The van der Waals surface area contributed by atoms with Gasteiger partial charge in [0.05, 0.1) is 25.2 Å². The van der Waals surface area contributed by atoms with Gasteiger partial charge in [-0.25, -0.2) is 9.59 Å². The first-order valence-corrected chi connectivity index (χ1v) is 11.0. The van der Waals surface area contributed by atoms with Crippen LogP contribution in [0.4, 0.5) is 18.9 Å². The molecule has 2 N–H and O–H groups in total. The van der Waals surface area contributed by atoms with Gasteiger partial charge in [0, 0.05) is 18.2 Å². The summed E-state index contributed by atoms with van der Waals surface area (Å²) in [4.78, 5) is 24.2. The number of anilines is 1. The van der Waals surface area contributed by atoms with E-state index < -0.39 is 31.1 Å².